The minimum atomic E-state index is -0.529. The summed E-state index contributed by atoms with van der Waals surface area (Å²) in [7, 11) is 3.44. The third-order valence-corrected chi connectivity index (χ3v) is 2.96. The fraction of sp³-hybridized carbons (Fsp3) is 0.455. The third kappa shape index (κ3) is 2.93. The summed E-state index contributed by atoms with van der Waals surface area (Å²) in [6, 6.07) is 3.81. The van der Waals surface area contributed by atoms with Crippen LogP contribution in [0.3, 0.4) is 0 Å². The normalized spacial score (nSPS) is 12.6. The summed E-state index contributed by atoms with van der Waals surface area (Å²) in [4.78, 5) is 0. The summed E-state index contributed by atoms with van der Waals surface area (Å²) < 4.78 is 6.12. The number of halogens is 1. The number of benzene rings is 1. The van der Waals surface area contributed by atoms with Crippen LogP contribution in [0, 0.1) is 6.92 Å². The molecule has 1 aromatic rings. The van der Waals surface area contributed by atoms with Crippen LogP contribution < -0.4 is 10.1 Å². The number of hydrogen-bond donors (Lipinski definition) is 2. The minimum Gasteiger partial charge on any atom is -0.496 e. The minimum absolute atomic E-state index is 0.519. The maximum Gasteiger partial charge on any atom is 0.122 e. The smallest absolute Gasteiger partial charge is 0.122 e. The molecule has 1 unspecified atom stereocenters. The second-order valence-electron chi connectivity index (χ2n) is 3.42. The fourth-order valence-corrected chi connectivity index (χ4v) is 2.17. The van der Waals surface area contributed by atoms with Crippen molar-refractivity contribution in [2.45, 2.75) is 13.0 Å². The van der Waals surface area contributed by atoms with E-state index in [0.29, 0.717) is 6.54 Å². The van der Waals surface area contributed by atoms with E-state index in [1.807, 2.05) is 26.1 Å². The molecule has 84 valence electrons. The van der Waals surface area contributed by atoms with Crippen LogP contribution in [0.4, 0.5) is 0 Å². The van der Waals surface area contributed by atoms with E-state index in [4.69, 9.17) is 4.74 Å². The van der Waals surface area contributed by atoms with Crippen LogP contribution in [0.1, 0.15) is 17.2 Å². The highest BCUT2D eigenvalue weighted by Gasteiger charge is 2.13. The molecule has 0 aliphatic rings. The third-order valence-electron chi connectivity index (χ3n) is 2.27. The van der Waals surface area contributed by atoms with Crippen molar-refractivity contribution < 1.29 is 9.84 Å². The number of ether oxygens (including phenoxy) is 1. The molecule has 0 radical (unpaired) electrons. The molecule has 0 spiro atoms. The Kier molecular flexibility index (Phi) is 4.57. The lowest BCUT2D eigenvalue weighted by Gasteiger charge is -2.15. The second-order valence-corrected chi connectivity index (χ2v) is 4.27. The SMILES string of the molecule is CNCC(O)c1cc(OC)c(C)cc1Br. The average Bonchev–Trinajstić information content (AvgIpc) is 2.18. The molecule has 0 fully saturated rings. The average molecular weight is 274 g/mol. The van der Waals surface area contributed by atoms with Gasteiger partial charge >= 0.3 is 0 Å². The van der Waals surface area contributed by atoms with E-state index in [1.54, 1.807) is 7.11 Å². The van der Waals surface area contributed by atoms with E-state index >= 15 is 0 Å². The predicted octanol–water partition coefficient (Wildman–Crippen LogP) is 2.02. The zero-order chi connectivity index (χ0) is 11.4. The molecule has 3 nitrogen and oxygen atoms in total. The van der Waals surface area contributed by atoms with Crippen molar-refractivity contribution in [1.82, 2.24) is 5.32 Å². The van der Waals surface area contributed by atoms with Crippen molar-refractivity contribution in [2.24, 2.45) is 0 Å². The molecule has 0 saturated carbocycles. The van der Waals surface area contributed by atoms with Crippen LogP contribution in [0.15, 0.2) is 16.6 Å². The number of aryl methyl sites for hydroxylation is 1. The van der Waals surface area contributed by atoms with Gasteiger partial charge in [-0.05, 0) is 37.2 Å². The van der Waals surface area contributed by atoms with Gasteiger partial charge < -0.3 is 15.2 Å². The lowest BCUT2D eigenvalue weighted by molar-refractivity contribution is 0.176. The van der Waals surface area contributed by atoms with Gasteiger partial charge in [-0.1, -0.05) is 15.9 Å². The Bertz CT molecular complexity index is 342. The molecule has 1 atom stereocenters. The number of hydrogen-bond acceptors (Lipinski definition) is 3. The van der Waals surface area contributed by atoms with Gasteiger partial charge in [0.15, 0.2) is 0 Å². The van der Waals surface area contributed by atoms with E-state index in [1.165, 1.54) is 0 Å². The fourth-order valence-electron chi connectivity index (χ4n) is 1.45. The molecule has 1 rings (SSSR count). The molecule has 0 heterocycles. The lowest BCUT2D eigenvalue weighted by atomic mass is 10.1. The molecule has 2 N–H and O–H groups in total. The van der Waals surface area contributed by atoms with Crippen molar-refractivity contribution in [3.63, 3.8) is 0 Å². The first-order chi connectivity index (χ1) is 7.10. The number of rotatable bonds is 4. The molecular weight excluding hydrogens is 258 g/mol. The Morgan fingerprint density at radius 2 is 2.20 bits per heavy atom. The molecule has 0 bridgehead atoms. The van der Waals surface area contributed by atoms with Gasteiger partial charge in [-0.25, -0.2) is 0 Å². The molecule has 0 aliphatic carbocycles. The van der Waals surface area contributed by atoms with Gasteiger partial charge in [-0.2, -0.15) is 0 Å². The number of aliphatic hydroxyl groups excluding tert-OH is 1. The second kappa shape index (κ2) is 5.49. The van der Waals surface area contributed by atoms with Crippen LogP contribution >= 0.6 is 15.9 Å². The highest BCUT2D eigenvalue weighted by atomic mass is 79.9. The quantitative estimate of drug-likeness (QED) is 0.882. The zero-order valence-corrected chi connectivity index (χ0v) is 10.8. The Labute approximate surface area is 98.6 Å². The Morgan fingerprint density at radius 1 is 1.53 bits per heavy atom. The van der Waals surface area contributed by atoms with Gasteiger partial charge in [0, 0.05) is 11.0 Å². The first-order valence-corrected chi connectivity index (χ1v) is 5.56. The van der Waals surface area contributed by atoms with Gasteiger partial charge in [0.05, 0.1) is 13.2 Å². The van der Waals surface area contributed by atoms with Crippen molar-refractivity contribution in [2.75, 3.05) is 20.7 Å². The van der Waals surface area contributed by atoms with Crippen LogP contribution in [-0.4, -0.2) is 25.8 Å². The maximum absolute atomic E-state index is 9.86. The van der Waals surface area contributed by atoms with Gasteiger partial charge in [-0.3, -0.25) is 0 Å². The molecule has 0 aromatic heterocycles. The maximum atomic E-state index is 9.86. The number of methoxy groups -OCH3 is 1. The van der Waals surface area contributed by atoms with Crippen LogP contribution in [-0.2, 0) is 0 Å². The molecule has 0 saturated heterocycles. The molecule has 4 heteroatoms. The molecular formula is C11H16BrNO2. The molecule has 1 aromatic carbocycles. The van der Waals surface area contributed by atoms with E-state index in [-0.39, 0.29) is 0 Å². The van der Waals surface area contributed by atoms with Gasteiger partial charge in [0.25, 0.3) is 0 Å². The first kappa shape index (κ1) is 12.5. The lowest BCUT2D eigenvalue weighted by Crippen LogP contribution is -2.17. The topological polar surface area (TPSA) is 41.5 Å². The number of nitrogens with one attached hydrogen (secondary N) is 1. The van der Waals surface area contributed by atoms with Gasteiger partial charge in [0.2, 0.25) is 0 Å². The monoisotopic (exact) mass is 273 g/mol. The highest BCUT2D eigenvalue weighted by Crippen LogP contribution is 2.30. The summed E-state index contributed by atoms with van der Waals surface area (Å²) in [5, 5.41) is 12.8. The number of likely N-dealkylation sites (N-methyl/N-ethyl adjacent to an activating group) is 1. The van der Waals surface area contributed by atoms with E-state index in [2.05, 4.69) is 21.2 Å². The van der Waals surface area contributed by atoms with Crippen LogP contribution in [0.5, 0.6) is 5.75 Å². The number of aliphatic hydroxyl groups is 1. The van der Waals surface area contributed by atoms with Gasteiger partial charge in [-0.15, -0.1) is 0 Å². The summed E-state index contributed by atoms with van der Waals surface area (Å²) in [6.45, 7) is 2.49. The van der Waals surface area contributed by atoms with Crippen molar-refractivity contribution >= 4 is 15.9 Å². The standard InChI is InChI=1S/C11H16BrNO2/c1-7-4-9(12)8(5-11(7)15-3)10(14)6-13-2/h4-5,10,13-14H,6H2,1-3H3. The van der Waals surface area contributed by atoms with Crippen LogP contribution in [0.2, 0.25) is 0 Å². The zero-order valence-electron chi connectivity index (χ0n) is 9.17. The van der Waals surface area contributed by atoms with E-state index in [0.717, 1.165) is 21.3 Å². The van der Waals surface area contributed by atoms with Gasteiger partial charge in [0.1, 0.15) is 5.75 Å². The summed E-state index contributed by atoms with van der Waals surface area (Å²) in [6.07, 6.45) is -0.529. The predicted molar refractivity (Wildman–Crippen MR) is 64.3 cm³/mol. The van der Waals surface area contributed by atoms with Crippen molar-refractivity contribution in [3.05, 3.63) is 27.7 Å². The Balaban J connectivity index is 3.06. The molecule has 15 heavy (non-hydrogen) atoms. The van der Waals surface area contributed by atoms with E-state index in [9.17, 15) is 5.11 Å². The molecule has 0 aliphatic heterocycles. The van der Waals surface area contributed by atoms with Crippen LogP contribution in [0.25, 0.3) is 0 Å². The summed E-state index contributed by atoms with van der Waals surface area (Å²) in [5.74, 6) is 0.795. The summed E-state index contributed by atoms with van der Waals surface area (Å²) in [5.41, 5.74) is 1.89. The van der Waals surface area contributed by atoms with E-state index < -0.39 is 6.10 Å². The highest BCUT2D eigenvalue weighted by molar-refractivity contribution is 9.10. The summed E-state index contributed by atoms with van der Waals surface area (Å²) >= 11 is 3.44. The van der Waals surface area contributed by atoms with Crippen molar-refractivity contribution in [3.8, 4) is 5.75 Å². The van der Waals surface area contributed by atoms with Crippen molar-refractivity contribution in [1.29, 1.82) is 0 Å². The molecule has 0 amide bonds. The Hall–Kier alpha value is -0.580. The largest absolute Gasteiger partial charge is 0.496 e. The Morgan fingerprint density at radius 3 is 2.73 bits per heavy atom. The first-order valence-electron chi connectivity index (χ1n) is 4.76.